The van der Waals surface area contributed by atoms with Crippen molar-refractivity contribution in [2.75, 3.05) is 38.0 Å². The van der Waals surface area contributed by atoms with E-state index in [9.17, 15) is 13.2 Å². The number of nitriles is 1. The van der Waals surface area contributed by atoms with Crippen LogP contribution in [-0.4, -0.2) is 72.8 Å². The summed E-state index contributed by atoms with van der Waals surface area (Å²) in [4.78, 5) is 18.4. The maximum absolute atomic E-state index is 12.5. The van der Waals surface area contributed by atoms with Gasteiger partial charge in [0.15, 0.2) is 0 Å². The average Bonchev–Trinajstić information content (AvgIpc) is 3.43. The van der Waals surface area contributed by atoms with Crippen molar-refractivity contribution < 1.29 is 13.2 Å². The Hall–Kier alpha value is -2.48. The van der Waals surface area contributed by atoms with Gasteiger partial charge >= 0.3 is 0 Å². The van der Waals surface area contributed by atoms with E-state index in [1.54, 1.807) is 17.0 Å². The van der Waals surface area contributed by atoms with Crippen LogP contribution in [0.15, 0.2) is 35.4 Å². The predicted molar refractivity (Wildman–Crippen MR) is 113 cm³/mol. The smallest absolute Gasteiger partial charge is 0.245 e. The van der Waals surface area contributed by atoms with E-state index in [-0.39, 0.29) is 23.4 Å². The van der Waals surface area contributed by atoms with Gasteiger partial charge in [-0.1, -0.05) is 12.2 Å². The number of sulfonamides is 1. The zero-order valence-electron chi connectivity index (χ0n) is 17.3. The molecule has 0 unspecified atom stereocenters. The van der Waals surface area contributed by atoms with Crippen molar-refractivity contribution in [2.24, 2.45) is 0 Å². The number of nitrogens with one attached hydrogen (secondary N) is 2. The lowest BCUT2D eigenvalue weighted by atomic mass is 10.1. The van der Waals surface area contributed by atoms with Crippen molar-refractivity contribution in [3.8, 4) is 6.07 Å². The zero-order valence-corrected chi connectivity index (χ0v) is 18.2. The van der Waals surface area contributed by atoms with Crippen LogP contribution >= 0.6 is 0 Å². The molecule has 0 aromatic carbocycles. The van der Waals surface area contributed by atoms with E-state index in [0.717, 1.165) is 12.8 Å². The van der Waals surface area contributed by atoms with Crippen LogP contribution < -0.4 is 10.6 Å². The van der Waals surface area contributed by atoms with Crippen LogP contribution in [0.25, 0.3) is 0 Å². The van der Waals surface area contributed by atoms with Crippen LogP contribution in [0.2, 0.25) is 0 Å². The summed E-state index contributed by atoms with van der Waals surface area (Å²) in [5, 5.41) is 15.5. The lowest BCUT2D eigenvalue weighted by Gasteiger charge is -2.28. The van der Waals surface area contributed by atoms with Gasteiger partial charge in [-0.05, 0) is 38.8 Å². The minimum atomic E-state index is -3.53. The SMILES string of the molecule is CC(C)(CNc1ccc(S(=O)(=O)N2CC=CC2)cn1)NCC(=O)N1CCC[C@H]1C#N. The van der Waals surface area contributed by atoms with Gasteiger partial charge in [0.1, 0.15) is 16.8 Å². The first-order chi connectivity index (χ1) is 14.2. The molecule has 1 atom stereocenters. The molecule has 1 aromatic heterocycles. The summed E-state index contributed by atoms with van der Waals surface area (Å²) in [6, 6.07) is 5.04. The molecule has 1 aromatic rings. The van der Waals surface area contributed by atoms with Gasteiger partial charge in [0, 0.05) is 37.9 Å². The van der Waals surface area contributed by atoms with Gasteiger partial charge in [0.25, 0.3) is 0 Å². The molecule has 0 spiro atoms. The molecule has 1 amide bonds. The second kappa shape index (κ2) is 9.12. The number of hydrogen-bond donors (Lipinski definition) is 2. The number of amides is 1. The first-order valence-corrected chi connectivity index (χ1v) is 11.5. The molecule has 2 aliphatic rings. The highest BCUT2D eigenvalue weighted by atomic mass is 32.2. The Kier molecular flexibility index (Phi) is 6.75. The number of nitrogens with zero attached hydrogens (tertiary/aromatic N) is 4. The largest absolute Gasteiger partial charge is 0.368 e. The van der Waals surface area contributed by atoms with Crippen LogP contribution in [-0.2, 0) is 14.8 Å². The lowest BCUT2D eigenvalue weighted by molar-refractivity contribution is -0.130. The molecule has 0 radical (unpaired) electrons. The van der Waals surface area contributed by atoms with E-state index in [2.05, 4.69) is 21.7 Å². The molecule has 0 bridgehead atoms. The molecule has 9 nitrogen and oxygen atoms in total. The second-order valence-corrected chi connectivity index (χ2v) is 10.1. The second-order valence-electron chi connectivity index (χ2n) is 8.14. The summed E-state index contributed by atoms with van der Waals surface area (Å²) in [6.45, 7) is 5.94. The number of likely N-dealkylation sites (tertiary alicyclic amines) is 1. The number of carbonyl (C=O) groups is 1. The summed E-state index contributed by atoms with van der Waals surface area (Å²) in [6.07, 6.45) is 6.60. The number of rotatable bonds is 8. The highest BCUT2D eigenvalue weighted by Crippen LogP contribution is 2.19. The Morgan fingerprint density at radius 1 is 1.33 bits per heavy atom. The highest BCUT2D eigenvalue weighted by Gasteiger charge is 2.29. The van der Waals surface area contributed by atoms with Crippen molar-refractivity contribution in [1.82, 2.24) is 19.5 Å². The Balaban J connectivity index is 1.50. The molecule has 3 heterocycles. The van der Waals surface area contributed by atoms with Crippen molar-refractivity contribution in [3.05, 3.63) is 30.5 Å². The third kappa shape index (κ3) is 5.16. The monoisotopic (exact) mass is 432 g/mol. The van der Waals surface area contributed by atoms with E-state index >= 15 is 0 Å². The van der Waals surface area contributed by atoms with E-state index < -0.39 is 15.6 Å². The van der Waals surface area contributed by atoms with Gasteiger partial charge in [-0.15, -0.1) is 0 Å². The third-order valence-electron chi connectivity index (χ3n) is 5.31. The predicted octanol–water partition coefficient (Wildman–Crippen LogP) is 0.937. The highest BCUT2D eigenvalue weighted by molar-refractivity contribution is 7.89. The van der Waals surface area contributed by atoms with Gasteiger partial charge in [-0.2, -0.15) is 9.57 Å². The van der Waals surface area contributed by atoms with E-state index in [1.165, 1.54) is 10.5 Å². The third-order valence-corrected chi connectivity index (χ3v) is 7.13. The molecule has 2 N–H and O–H groups in total. The van der Waals surface area contributed by atoms with Crippen molar-refractivity contribution in [3.63, 3.8) is 0 Å². The molecular weight excluding hydrogens is 404 g/mol. The first-order valence-electron chi connectivity index (χ1n) is 10.0. The van der Waals surface area contributed by atoms with Crippen LogP contribution in [0.4, 0.5) is 5.82 Å². The van der Waals surface area contributed by atoms with Crippen molar-refractivity contribution >= 4 is 21.7 Å². The van der Waals surface area contributed by atoms with Gasteiger partial charge in [-0.3, -0.25) is 4.79 Å². The van der Waals surface area contributed by atoms with Crippen LogP contribution in [0.5, 0.6) is 0 Å². The average molecular weight is 433 g/mol. The minimum absolute atomic E-state index is 0.0730. The Bertz CT molecular complexity index is 928. The first kappa shape index (κ1) is 22.2. The number of anilines is 1. The molecule has 0 saturated carbocycles. The Labute approximate surface area is 177 Å². The molecule has 3 rings (SSSR count). The normalized spacial score (nSPS) is 19.8. The topological polar surface area (TPSA) is 118 Å². The van der Waals surface area contributed by atoms with Gasteiger partial charge in [0.2, 0.25) is 15.9 Å². The molecule has 162 valence electrons. The van der Waals surface area contributed by atoms with Gasteiger partial charge < -0.3 is 15.5 Å². The van der Waals surface area contributed by atoms with Crippen LogP contribution in [0.1, 0.15) is 26.7 Å². The van der Waals surface area contributed by atoms with Crippen molar-refractivity contribution in [1.29, 1.82) is 5.26 Å². The summed E-state index contributed by atoms with van der Waals surface area (Å²) >= 11 is 0. The van der Waals surface area contributed by atoms with Crippen molar-refractivity contribution in [2.45, 2.75) is 43.2 Å². The number of pyridine rings is 1. The fraction of sp³-hybridized carbons (Fsp3) is 0.550. The molecular formula is C20H28N6O3S. The number of aromatic nitrogens is 1. The van der Waals surface area contributed by atoms with Crippen LogP contribution in [0, 0.1) is 11.3 Å². The van der Waals surface area contributed by atoms with E-state index in [0.29, 0.717) is 32.0 Å². The number of carbonyl (C=O) groups excluding carboxylic acids is 1. The summed E-state index contributed by atoms with van der Waals surface area (Å²) < 4.78 is 26.4. The summed E-state index contributed by atoms with van der Waals surface area (Å²) in [7, 11) is -3.53. The fourth-order valence-corrected chi connectivity index (χ4v) is 4.72. The maximum Gasteiger partial charge on any atom is 0.245 e. The van der Waals surface area contributed by atoms with Crippen LogP contribution in [0.3, 0.4) is 0 Å². The molecule has 30 heavy (non-hydrogen) atoms. The molecule has 0 aliphatic carbocycles. The quantitative estimate of drug-likeness (QED) is 0.587. The molecule has 10 heteroatoms. The fourth-order valence-electron chi connectivity index (χ4n) is 3.43. The zero-order chi connectivity index (χ0) is 21.8. The lowest BCUT2D eigenvalue weighted by Crippen LogP contribution is -2.50. The maximum atomic E-state index is 12.5. The standard InChI is InChI=1S/C20H28N6O3S/c1-20(2,24-14-19(27)26-11-5-6-16(26)12-21)15-23-18-8-7-17(13-22-18)30(28,29)25-9-3-4-10-25/h3-4,7-8,13,16,24H,5-6,9-11,14-15H2,1-2H3,(H,22,23)/t16-/m0/s1. The molecule has 2 aliphatic heterocycles. The Morgan fingerprint density at radius 3 is 2.70 bits per heavy atom. The summed E-state index contributed by atoms with van der Waals surface area (Å²) in [5.41, 5.74) is -0.412. The summed E-state index contributed by atoms with van der Waals surface area (Å²) in [5.74, 6) is 0.481. The Morgan fingerprint density at radius 2 is 2.07 bits per heavy atom. The minimum Gasteiger partial charge on any atom is -0.368 e. The number of hydrogen-bond acceptors (Lipinski definition) is 7. The van der Waals surface area contributed by atoms with E-state index in [4.69, 9.17) is 5.26 Å². The van der Waals surface area contributed by atoms with E-state index in [1.807, 2.05) is 26.0 Å². The molecule has 1 fully saturated rings. The van der Waals surface area contributed by atoms with Gasteiger partial charge in [-0.25, -0.2) is 13.4 Å². The van der Waals surface area contributed by atoms with Gasteiger partial charge in [0.05, 0.1) is 12.6 Å². The molecule has 1 saturated heterocycles.